The van der Waals surface area contributed by atoms with Crippen LogP contribution in [0, 0.1) is 0 Å². The normalized spacial score (nSPS) is 13.8. The number of ether oxygens (including phenoxy) is 1. The van der Waals surface area contributed by atoms with Crippen LogP contribution < -0.4 is 0 Å². The Labute approximate surface area is 165 Å². The van der Waals surface area contributed by atoms with E-state index in [2.05, 4.69) is 15.2 Å². The molecule has 0 saturated carbocycles. The van der Waals surface area contributed by atoms with E-state index < -0.39 is 12.3 Å². The number of nitrogens with zero attached hydrogens (tertiary/aromatic N) is 3. The fourth-order valence-electron chi connectivity index (χ4n) is 2.82. The molecule has 0 radical (unpaired) electrons. The van der Waals surface area contributed by atoms with Gasteiger partial charge in [0, 0.05) is 10.4 Å². The molecule has 0 aliphatic carbocycles. The summed E-state index contributed by atoms with van der Waals surface area (Å²) in [7, 11) is 0. The lowest BCUT2D eigenvalue weighted by Crippen LogP contribution is -2.17. The summed E-state index contributed by atoms with van der Waals surface area (Å²) >= 11 is 1.53. The second-order valence-electron chi connectivity index (χ2n) is 6.19. The highest BCUT2D eigenvalue weighted by Crippen LogP contribution is 2.28. The Kier molecular flexibility index (Phi) is 5.53. The number of hydrogen-bond acceptors (Lipinski definition) is 5. The Balaban J connectivity index is 1.37. The summed E-state index contributed by atoms with van der Waals surface area (Å²) in [6, 6.07) is 17.8. The molecule has 3 heterocycles. The maximum Gasteiger partial charge on any atom is 0.312 e. The third kappa shape index (κ3) is 4.31. The van der Waals surface area contributed by atoms with E-state index in [0.29, 0.717) is 5.76 Å². The number of alkyl halides is 2. The van der Waals surface area contributed by atoms with E-state index in [1.165, 1.54) is 11.3 Å². The number of halogens is 2. The molecule has 4 rings (SSSR count). The summed E-state index contributed by atoms with van der Waals surface area (Å²) in [5, 5.41) is 8.62. The molecular weight excluding hydrogens is 380 g/mol. The summed E-state index contributed by atoms with van der Waals surface area (Å²) in [5.74, 6) is -0.0604. The molecule has 0 amide bonds. The number of rotatable bonds is 6. The number of aryl methyl sites for hydroxylation is 2. The number of aromatic nitrogens is 2. The molecule has 0 N–H and O–H groups in total. The van der Waals surface area contributed by atoms with Gasteiger partial charge in [-0.25, -0.2) is 4.99 Å². The van der Waals surface area contributed by atoms with Crippen molar-refractivity contribution in [2.24, 2.45) is 4.99 Å². The Morgan fingerprint density at radius 1 is 0.964 bits per heavy atom. The molecule has 142 valence electrons. The Hall–Kier alpha value is -2.93. The summed E-state index contributed by atoms with van der Waals surface area (Å²) in [4.78, 5) is 5.64. The molecule has 28 heavy (non-hydrogen) atoms. The maximum absolute atomic E-state index is 12.8. The highest BCUT2D eigenvalue weighted by molar-refractivity contribution is 7.13. The third-order valence-electron chi connectivity index (χ3n) is 4.25. The highest BCUT2D eigenvalue weighted by atomic mass is 32.1. The van der Waals surface area contributed by atoms with Gasteiger partial charge in [-0.1, -0.05) is 30.3 Å². The van der Waals surface area contributed by atoms with E-state index in [4.69, 9.17) is 4.74 Å². The van der Waals surface area contributed by atoms with Crippen LogP contribution >= 0.6 is 11.3 Å². The monoisotopic (exact) mass is 397 g/mol. The van der Waals surface area contributed by atoms with Crippen LogP contribution in [-0.4, -0.2) is 29.1 Å². The molecule has 0 spiro atoms. The van der Waals surface area contributed by atoms with Crippen LogP contribution in [0.3, 0.4) is 0 Å². The highest BCUT2D eigenvalue weighted by Gasteiger charge is 2.21. The fraction of sp³-hybridized carbons (Fsp3) is 0.190. The van der Waals surface area contributed by atoms with Gasteiger partial charge >= 0.3 is 6.43 Å². The van der Waals surface area contributed by atoms with Crippen molar-refractivity contribution in [1.29, 1.82) is 0 Å². The first-order valence-electron chi connectivity index (χ1n) is 8.86. The molecule has 2 aromatic heterocycles. The summed E-state index contributed by atoms with van der Waals surface area (Å²) in [5.41, 5.74) is 2.80. The van der Waals surface area contributed by atoms with Crippen LogP contribution in [0.4, 0.5) is 8.78 Å². The smallest absolute Gasteiger partial charge is 0.312 e. The van der Waals surface area contributed by atoms with Gasteiger partial charge in [0.05, 0.1) is 22.8 Å². The summed E-state index contributed by atoms with van der Waals surface area (Å²) in [6.07, 6.45) is 0.578. The number of hydrogen-bond donors (Lipinski definition) is 0. The molecule has 1 aliphatic rings. The molecule has 0 unspecified atom stereocenters. The van der Waals surface area contributed by atoms with Crippen molar-refractivity contribution < 1.29 is 13.5 Å². The Morgan fingerprint density at radius 2 is 1.82 bits per heavy atom. The largest absolute Gasteiger partial charge is 0.437 e. The molecule has 0 bridgehead atoms. The molecule has 1 aliphatic heterocycles. The van der Waals surface area contributed by atoms with E-state index in [-0.39, 0.29) is 6.54 Å². The average molecular weight is 397 g/mol. The standard InChI is InChI=1S/C21H17F2N3OS/c22-20(23)21-24-13-12-18(27-21)19-11-9-16(28-19)8-6-15-7-10-17(26-25-15)14-4-2-1-3-5-14/h1-5,7,9-12,20H,6,8,13H2. The van der Waals surface area contributed by atoms with E-state index in [9.17, 15) is 8.78 Å². The van der Waals surface area contributed by atoms with Crippen molar-refractivity contribution in [3.63, 3.8) is 0 Å². The zero-order valence-electron chi connectivity index (χ0n) is 14.9. The van der Waals surface area contributed by atoms with E-state index >= 15 is 0 Å². The Bertz CT molecular complexity index is 998. The van der Waals surface area contributed by atoms with Crippen LogP contribution in [0.2, 0.25) is 0 Å². The predicted octanol–water partition coefficient (Wildman–Crippen LogP) is 5.03. The van der Waals surface area contributed by atoms with Crippen molar-refractivity contribution in [1.82, 2.24) is 10.2 Å². The Morgan fingerprint density at radius 3 is 2.57 bits per heavy atom. The van der Waals surface area contributed by atoms with Crippen molar-refractivity contribution in [2.75, 3.05) is 6.54 Å². The summed E-state index contributed by atoms with van der Waals surface area (Å²) < 4.78 is 30.7. The van der Waals surface area contributed by atoms with Gasteiger partial charge in [-0.15, -0.1) is 11.3 Å². The first-order chi connectivity index (χ1) is 13.7. The first-order valence-corrected chi connectivity index (χ1v) is 9.68. The van der Waals surface area contributed by atoms with Crippen molar-refractivity contribution in [3.8, 4) is 11.3 Å². The first kappa shape index (κ1) is 18.4. The molecule has 3 aromatic rings. The van der Waals surface area contributed by atoms with Crippen LogP contribution in [0.15, 0.2) is 65.7 Å². The number of benzene rings is 1. The zero-order chi connectivity index (χ0) is 19.3. The third-order valence-corrected chi connectivity index (χ3v) is 5.41. The van der Waals surface area contributed by atoms with Crippen molar-refractivity contribution >= 4 is 23.0 Å². The van der Waals surface area contributed by atoms with Gasteiger partial charge in [0.25, 0.3) is 5.90 Å². The lowest BCUT2D eigenvalue weighted by molar-refractivity contribution is 0.195. The lowest BCUT2D eigenvalue weighted by atomic mass is 10.1. The number of thiophene rings is 1. The predicted molar refractivity (Wildman–Crippen MR) is 107 cm³/mol. The van der Waals surface area contributed by atoms with Gasteiger partial charge in [-0.2, -0.15) is 19.0 Å². The van der Waals surface area contributed by atoms with Gasteiger partial charge in [0.2, 0.25) is 0 Å². The van der Waals surface area contributed by atoms with Crippen LogP contribution in [0.1, 0.15) is 15.4 Å². The number of aliphatic imine (C=N–C) groups is 1. The average Bonchev–Trinajstić information content (AvgIpc) is 3.22. The SMILES string of the molecule is FC(F)C1=NCC=C(c2ccc(CCc3ccc(-c4ccccc4)nn3)s2)O1. The summed E-state index contributed by atoms with van der Waals surface area (Å²) in [6.45, 7) is 0.214. The van der Waals surface area contributed by atoms with Crippen molar-refractivity contribution in [2.45, 2.75) is 19.3 Å². The fourth-order valence-corrected chi connectivity index (χ4v) is 3.81. The van der Waals surface area contributed by atoms with E-state index in [1.54, 1.807) is 6.08 Å². The lowest BCUT2D eigenvalue weighted by Gasteiger charge is -2.13. The second kappa shape index (κ2) is 8.39. The van der Waals surface area contributed by atoms with Crippen LogP contribution in [0.25, 0.3) is 17.0 Å². The van der Waals surface area contributed by atoms with Gasteiger partial charge in [0.15, 0.2) is 0 Å². The van der Waals surface area contributed by atoms with Crippen LogP contribution in [-0.2, 0) is 17.6 Å². The van der Waals surface area contributed by atoms with Gasteiger partial charge in [-0.3, -0.25) is 0 Å². The molecular formula is C21H17F2N3OS. The minimum absolute atomic E-state index is 0.214. The molecule has 4 nitrogen and oxygen atoms in total. The van der Waals surface area contributed by atoms with E-state index in [0.717, 1.165) is 39.5 Å². The molecule has 1 aromatic carbocycles. The zero-order valence-corrected chi connectivity index (χ0v) is 15.7. The van der Waals surface area contributed by atoms with Gasteiger partial charge < -0.3 is 4.74 Å². The second-order valence-corrected chi connectivity index (χ2v) is 7.36. The minimum atomic E-state index is -2.69. The topological polar surface area (TPSA) is 47.4 Å². The van der Waals surface area contributed by atoms with Crippen LogP contribution in [0.5, 0.6) is 0 Å². The molecule has 7 heteroatoms. The van der Waals surface area contributed by atoms with E-state index in [1.807, 2.05) is 54.6 Å². The molecule has 0 fully saturated rings. The van der Waals surface area contributed by atoms with Gasteiger partial charge in [0.1, 0.15) is 5.76 Å². The maximum atomic E-state index is 12.8. The quantitative estimate of drug-likeness (QED) is 0.586. The van der Waals surface area contributed by atoms with Gasteiger partial charge in [-0.05, 0) is 43.2 Å². The van der Waals surface area contributed by atoms with Crippen molar-refractivity contribution in [3.05, 3.63) is 76.1 Å². The molecule has 0 saturated heterocycles. The minimum Gasteiger partial charge on any atom is -0.437 e. The molecule has 0 atom stereocenters.